The van der Waals surface area contributed by atoms with Crippen LogP contribution in [-0.4, -0.2) is 33.5 Å². The van der Waals surface area contributed by atoms with Crippen LogP contribution in [0.4, 0.5) is 5.82 Å². The summed E-state index contributed by atoms with van der Waals surface area (Å²) in [6.07, 6.45) is 3.09. The number of nitrogens with zero attached hydrogens (tertiary/aromatic N) is 4. The number of para-hydroxylation sites is 2. The van der Waals surface area contributed by atoms with Crippen molar-refractivity contribution in [2.45, 2.75) is 32.9 Å². The van der Waals surface area contributed by atoms with Crippen molar-refractivity contribution in [3.63, 3.8) is 0 Å². The molecule has 1 aliphatic rings. The molecule has 0 bridgehead atoms. The second-order valence-corrected chi connectivity index (χ2v) is 9.10. The lowest BCUT2D eigenvalue weighted by atomic mass is 9.96. The van der Waals surface area contributed by atoms with E-state index in [0.717, 1.165) is 22.3 Å². The van der Waals surface area contributed by atoms with E-state index in [4.69, 9.17) is 4.98 Å². The Morgan fingerprint density at radius 1 is 1.00 bits per heavy atom. The smallest absolute Gasteiger partial charge is 0.294 e. The van der Waals surface area contributed by atoms with Crippen molar-refractivity contribution in [1.82, 2.24) is 19.9 Å². The van der Waals surface area contributed by atoms with Crippen LogP contribution in [0, 0.1) is 12.8 Å². The third kappa shape index (κ3) is 5.09. The number of pyridine rings is 1. The van der Waals surface area contributed by atoms with Crippen molar-refractivity contribution in [3.8, 4) is 0 Å². The summed E-state index contributed by atoms with van der Waals surface area (Å²) in [7, 11) is 0. The predicted octanol–water partition coefficient (Wildman–Crippen LogP) is 3.68. The van der Waals surface area contributed by atoms with Crippen molar-refractivity contribution in [2.75, 3.05) is 18.0 Å². The van der Waals surface area contributed by atoms with Crippen LogP contribution < -0.4 is 15.8 Å². The van der Waals surface area contributed by atoms with Crippen LogP contribution in [0.15, 0.2) is 77.7 Å². The molecule has 3 heterocycles. The topological polar surface area (TPSA) is 80.1 Å². The molecular weight excluding hydrogens is 438 g/mol. The zero-order valence-corrected chi connectivity index (χ0v) is 19.9. The number of carbonyl (C=O) groups excluding carboxylic acids is 1. The fourth-order valence-corrected chi connectivity index (χ4v) is 4.60. The van der Waals surface area contributed by atoms with Gasteiger partial charge in [-0.05, 0) is 49.6 Å². The molecule has 7 heteroatoms. The normalized spacial score (nSPS) is 14.3. The van der Waals surface area contributed by atoms with Gasteiger partial charge in [-0.3, -0.25) is 19.1 Å². The van der Waals surface area contributed by atoms with Gasteiger partial charge in [-0.2, -0.15) is 0 Å². The Kier molecular flexibility index (Phi) is 6.57. The molecule has 1 aliphatic heterocycles. The first-order valence-electron chi connectivity index (χ1n) is 12.1. The number of aromatic nitrogens is 3. The van der Waals surface area contributed by atoms with Crippen LogP contribution in [0.1, 0.15) is 29.7 Å². The fraction of sp³-hybridized carbons (Fsp3) is 0.286. The number of hydrogen-bond acceptors (Lipinski definition) is 5. The van der Waals surface area contributed by atoms with Crippen molar-refractivity contribution < 1.29 is 4.79 Å². The lowest BCUT2D eigenvalue weighted by Gasteiger charge is -2.32. The minimum Gasteiger partial charge on any atom is -0.352 e. The molecule has 0 radical (unpaired) electrons. The Labute approximate surface area is 204 Å². The van der Waals surface area contributed by atoms with Crippen LogP contribution in [0.25, 0.3) is 11.0 Å². The standard InChI is InChI=1S/C28H29N5O2/c1-20-9-11-21(12-10-20)19-33-25-8-3-2-7-24(25)31-26(28(33)35)32-16-13-22(14-17-32)27(34)30-18-23-6-4-5-15-29-23/h2-12,15,22H,13-14,16-19H2,1H3,(H,30,34). The second kappa shape index (κ2) is 10.1. The van der Waals surface area contributed by atoms with Gasteiger partial charge in [-0.1, -0.05) is 48.0 Å². The third-order valence-electron chi connectivity index (χ3n) is 6.63. The number of hydrogen-bond donors (Lipinski definition) is 1. The van der Waals surface area contributed by atoms with Crippen LogP contribution in [0.2, 0.25) is 0 Å². The molecule has 5 rings (SSSR count). The Bertz CT molecular complexity index is 1370. The van der Waals surface area contributed by atoms with Gasteiger partial charge in [0.25, 0.3) is 5.56 Å². The zero-order chi connectivity index (χ0) is 24.2. The number of piperidine rings is 1. The van der Waals surface area contributed by atoms with E-state index >= 15 is 0 Å². The van der Waals surface area contributed by atoms with Gasteiger partial charge in [0.15, 0.2) is 5.82 Å². The highest BCUT2D eigenvalue weighted by Crippen LogP contribution is 2.22. The van der Waals surface area contributed by atoms with Gasteiger partial charge in [0.05, 0.1) is 29.8 Å². The summed E-state index contributed by atoms with van der Waals surface area (Å²) >= 11 is 0. The summed E-state index contributed by atoms with van der Waals surface area (Å²) in [5, 5.41) is 3.00. The molecule has 35 heavy (non-hydrogen) atoms. The number of aryl methyl sites for hydroxylation is 1. The van der Waals surface area contributed by atoms with Crippen molar-refractivity contribution >= 4 is 22.8 Å². The maximum atomic E-state index is 13.6. The molecular formula is C28H29N5O2. The molecule has 4 aromatic rings. The minimum atomic E-state index is -0.0951. The van der Waals surface area contributed by atoms with Gasteiger partial charge < -0.3 is 10.2 Å². The third-order valence-corrected chi connectivity index (χ3v) is 6.63. The van der Waals surface area contributed by atoms with Crippen molar-refractivity contribution in [2.24, 2.45) is 5.92 Å². The number of amides is 1. The molecule has 1 N–H and O–H groups in total. The Hall–Kier alpha value is -4.00. The summed E-state index contributed by atoms with van der Waals surface area (Å²) < 4.78 is 1.81. The first-order valence-corrected chi connectivity index (χ1v) is 12.1. The van der Waals surface area contributed by atoms with Gasteiger partial charge in [0.1, 0.15) is 0 Å². The number of carbonyl (C=O) groups is 1. The molecule has 7 nitrogen and oxygen atoms in total. The molecule has 0 spiro atoms. The summed E-state index contributed by atoms with van der Waals surface area (Å²) in [6, 6.07) is 21.7. The minimum absolute atomic E-state index is 0.0403. The van der Waals surface area contributed by atoms with E-state index in [1.54, 1.807) is 6.20 Å². The summed E-state index contributed by atoms with van der Waals surface area (Å²) in [6.45, 7) is 4.20. The highest BCUT2D eigenvalue weighted by molar-refractivity contribution is 5.79. The quantitative estimate of drug-likeness (QED) is 0.468. The Morgan fingerprint density at radius 2 is 1.74 bits per heavy atom. The molecule has 2 aromatic carbocycles. The number of nitrogens with one attached hydrogen (secondary N) is 1. The van der Waals surface area contributed by atoms with Crippen LogP contribution in [-0.2, 0) is 17.9 Å². The van der Waals surface area contributed by atoms with Crippen molar-refractivity contribution in [1.29, 1.82) is 0 Å². The van der Waals surface area contributed by atoms with Gasteiger partial charge in [0, 0.05) is 25.2 Å². The number of anilines is 1. The Balaban J connectivity index is 1.33. The van der Waals surface area contributed by atoms with Crippen LogP contribution in [0.3, 0.4) is 0 Å². The summed E-state index contributed by atoms with van der Waals surface area (Å²) in [5.41, 5.74) is 4.63. The molecule has 178 valence electrons. The van der Waals surface area contributed by atoms with Crippen LogP contribution >= 0.6 is 0 Å². The predicted molar refractivity (Wildman–Crippen MR) is 137 cm³/mol. The SMILES string of the molecule is Cc1ccc(Cn2c(=O)c(N3CCC(C(=O)NCc4ccccn4)CC3)nc3ccccc32)cc1. The van der Waals surface area contributed by atoms with E-state index < -0.39 is 0 Å². The number of benzene rings is 2. The maximum absolute atomic E-state index is 13.6. The molecule has 2 aromatic heterocycles. The van der Waals surface area contributed by atoms with E-state index in [-0.39, 0.29) is 17.4 Å². The lowest BCUT2D eigenvalue weighted by Crippen LogP contribution is -2.43. The molecule has 1 saturated heterocycles. The average molecular weight is 468 g/mol. The highest BCUT2D eigenvalue weighted by atomic mass is 16.2. The van der Waals surface area contributed by atoms with Crippen molar-refractivity contribution in [3.05, 3.63) is 100 Å². The lowest BCUT2D eigenvalue weighted by molar-refractivity contribution is -0.125. The van der Waals surface area contributed by atoms with E-state index in [2.05, 4.69) is 41.5 Å². The van der Waals surface area contributed by atoms with E-state index in [1.165, 1.54) is 5.56 Å². The van der Waals surface area contributed by atoms with E-state index in [1.807, 2.05) is 51.9 Å². The van der Waals surface area contributed by atoms with E-state index in [9.17, 15) is 9.59 Å². The van der Waals surface area contributed by atoms with Gasteiger partial charge in [-0.25, -0.2) is 4.98 Å². The number of rotatable bonds is 6. The Morgan fingerprint density at radius 3 is 2.49 bits per heavy atom. The summed E-state index contributed by atoms with van der Waals surface area (Å²) in [5.74, 6) is 0.423. The second-order valence-electron chi connectivity index (χ2n) is 9.10. The monoisotopic (exact) mass is 467 g/mol. The number of fused-ring (bicyclic) bond motifs is 1. The van der Waals surface area contributed by atoms with E-state index in [0.29, 0.717) is 44.8 Å². The molecule has 1 fully saturated rings. The highest BCUT2D eigenvalue weighted by Gasteiger charge is 2.27. The molecule has 1 amide bonds. The zero-order valence-electron chi connectivity index (χ0n) is 19.9. The summed E-state index contributed by atoms with van der Waals surface area (Å²) in [4.78, 5) is 37.3. The largest absolute Gasteiger partial charge is 0.352 e. The maximum Gasteiger partial charge on any atom is 0.294 e. The van der Waals surface area contributed by atoms with Gasteiger partial charge in [0.2, 0.25) is 5.91 Å². The molecule has 0 saturated carbocycles. The molecule has 0 unspecified atom stereocenters. The first kappa shape index (κ1) is 22.8. The molecule has 0 aliphatic carbocycles. The van der Waals surface area contributed by atoms with Gasteiger partial charge >= 0.3 is 0 Å². The fourth-order valence-electron chi connectivity index (χ4n) is 4.60. The average Bonchev–Trinajstić information content (AvgIpc) is 2.90. The van der Waals surface area contributed by atoms with Gasteiger partial charge in [-0.15, -0.1) is 0 Å². The molecule has 0 atom stereocenters. The first-order chi connectivity index (χ1) is 17.1. The van der Waals surface area contributed by atoms with Crippen LogP contribution in [0.5, 0.6) is 0 Å².